The highest BCUT2D eigenvalue weighted by atomic mass is 127. The molecule has 1 amide bonds. The number of ketones is 1. The average Bonchev–Trinajstić information content (AvgIpc) is 2.52. The third kappa shape index (κ3) is 5.26. The molecule has 0 aliphatic heterocycles. The molecule has 22 heavy (non-hydrogen) atoms. The highest BCUT2D eigenvalue weighted by Gasteiger charge is 2.09. The molecule has 0 radical (unpaired) electrons. The molecule has 3 nitrogen and oxygen atoms in total. The Morgan fingerprint density at radius 3 is 2.23 bits per heavy atom. The van der Waals surface area contributed by atoms with Gasteiger partial charge in [0.25, 0.3) is 0 Å². The van der Waals surface area contributed by atoms with Crippen LogP contribution in [-0.4, -0.2) is 11.7 Å². The predicted molar refractivity (Wildman–Crippen MR) is 95.7 cm³/mol. The number of nitrogens with one attached hydrogen (secondary N) is 1. The largest absolute Gasteiger partial charge is 0.352 e. The molecule has 0 saturated heterocycles. The highest BCUT2D eigenvalue weighted by molar-refractivity contribution is 14.1. The minimum Gasteiger partial charge on any atom is -0.352 e. The normalized spacial score (nSPS) is 10.3. The van der Waals surface area contributed by atoms with Gasteiger partial charge in [0.15, 0.2) is 5.78 Å². The van der Waals surface area contributed by atoms with Gasteiger partial charge in [-0.2, -0.15) is 0 Å². The molecule has 4 heteroatoms. The number of carbonyl (C=O) groups is 2. The van der Waals surface area contributed by atoms with Crippen molar-refractivity contribution in [1.82, 2.24) is 5.32 Å². The zero-order valence-electron chi connectivity index (χ0n) is 12.4. The number of halogens is 1. The standard InChI is InChI=1S/C18H18INO2/c1-13-2-4-14(5-3-13)12-20-18(22)11-10-17(21)15-6-8-16(19)9-7-15/h2-9H,10-12H2,1H3,(H,20,22). The molecule has 0 unspecified atom stereocenters. The van der Waals surface area contributed by atoms with E-state index in [2.05, 4.69) is 27.9 Å². The van der Waals surface area contributed by atoms with Crippen molar-refractivity contribution in [2.24, 2.45) is 0 Å². The van der Waals surface area contributed by atoms with Crippen molar-refractivity contribution in [3.63, 3.8) is 0 Å². The number of amides is 1. The number of hydrogen-bond acceptors (Lipinski definition) is 2. The van der Waals surface area contributed by atoms with E-state index in [1.165, 1.54) is 5.56 Å². The summed E-state index contributed by atoms with van der Waals surface area (Å²) in [5.41, 5.74) is 2.91. The van der Waals surface area contributed by atoms with Crippen LogP contribution in [0.15, 0.2) is 48.5 Å². The van der Waals surface area contributed by atoms with Crippen molar-refractivity contribution in [2.75, 3.05) is 0 Å². The number of aryl methyl sites for hydroxylation is 1. The van der Waals surface area contributed by atoms with Crippen molar-refractivity contribution >= 4 is 34.3 Å². The quantitative estimate of drug-likeness (QED) is 0.584. The Hall–Kier alpha value is -1.69. The Labute approximate surface area is 144 Å². The van der Waals surface area contributed by atoms with Crippen molar-refractivity contribution in [3.05, 3.63) is 68.8 Å². The Balaban J connectivity index is 1.76. The Kier molecular flexibility index (Phi) is 6.12. The second kappa shape index (κ2) is 8.08. The van der Waals surface area contributed by atoms with E-state index in [1.54, 1.807) is 12.1 Å². The van der Waals surface area contributed by atoms with Crippen LogP contribution >= 0.6 is 22.6 Å². The summed E-state index contributed by atoms with van der Waals surface area (Å²) in [6.45, 7) is 2.52. The molecule has 0 aliphatic carbocycles. The molecular weight excluding hydrogens is 389 g/mol. The summed E-state index contributed by atoms with van der Waals surface area (Å²) in [6.07, 6.45) is 0.455. The molecule has 1 N–H and O–H groups in total. The van der Waals surface area contributed by atoms with Crippen LogP contribution in [0.1, 0.15) is 34.3 Å². The van der Waals surface area contributed by atoms with E-state index >= 15 is 0 Å². The van der Waals surface area contributed by atoms with E-state index in [0.717, 1.165) is 9.13 Å². The number of hydrogen-bond donors (Lipinski definition) is 1. The van der Waals surface area contributed by atoms with Gasteiger partial charge in [0.1, 0.15) is 0 Å². The van der Waals surface area contributed by atoms with Crippen LogP contribution in [0.3, 0.4) is 0 Å². The van der Waals surface area contributed by atoms with Gasteiger partial charge in [-0.25, -0.2) is 0 Å². The minimum absolute atomic E-state index is 0.00175. The maximum atomic E-state index is 12.0. The first-order valence-corrected chi connectivity index (χ1v) is 8.23. The topological polar surface area (TPSA) is 46.2 Å². The van der Waals surface area contributed by atoms with Gasteiger partial charge < -0.3 is 5.32 Å². The zero-order valence-corrected chi connectivity index (χ0v) is 14.6. The number of carbonyl (C=O) groups excluding carboxylic acids is 2. The maximum absolute atomic E-state index is 12.0. The monoisotopic (exact) mass is 407 g/mol. The smallest absolute Gasteiger partial charge is 0.220 e. The van der Waals surface area contributed by atoms with Crippen LogP contribution in [-0.2, 0) is 11.3 Å². The fraction of sp³-hybridized carbons (Fsp3) is 0.222. The van der Waals surface area contributed by atoms with Crippen LogP contribution in [0, 0.1) is 10.5 Å². The van der Waals surface area contributed by atoms with Crippen LogP contribution < -0.4 is 5.32 Å². The molecule has 0 heterocycles. The first-order valence-electron chi connectivity index (χ1n) is 7.15. The fourth-order valence-electron chi connectivity index (χ4n) is 2.00. The molecule has 0 aliphatic rings. The summed E-state index contributed by atoms with van der Waals surface area (Å²) in [5.74, 6) is -0.0960. The van der Waals surface area contributed by atoms with E-state index in [9.17, 15) is 9.59 Å². The molecule has 0 bridgehead atoms. The molecule has 0 aromatic heterocycles. The van der Waals surface area contributed by atoms with Gasteiger partial charge in [-0.3, -0.25) is 9.59 Å². The lowest BCUT2D eigenvalue weighted by atomic mass is 10.1. The van der Waals surface area contributed by atoms with Crippen molar-refractivity contribution < 1.29 is 9.59 Å². The van der Waals surface area contributed by atoms with E-state index in [0.29, 0.717) is 12.1 Å². The van der Waals surface area contributed by atoms with E-state index in [1.807, 2.05) is 43.3 Å². The molecule has 0 saturated carbocycles. The number of benzene rings is 2. The second-order valence-electron chi connectivity index (χ2n) is 5.19. The summed E-state index contributed by atoms with van der Waals surface area (Å²) in [5, 5.41) is 2.84. The summed E-state index contributed by atoms with van der Waals surface area (Å²) in [4.78, 5) is 23.8. The first kappa shape index (κ1) is 16.7. The van der Waals surface area contributed by atoms with Gasteiger partial charge in [-0.15, -0.1) is 0 Å². The molecule has 114 valence electrons. The fourth-order valence-corrected chi connectivity index (χ4v) is 2.36. The summed E-state index contributed by atoms with van der Waals surface area (Å²) in [6, 6.07) is 15.4. The van der Waals surface area contributed by atoms with Crippen molar-refractivity contribution in [2.45, 2.75) is 26.3 Å². The molecule has 2 aromatic carbocycles. The number of Topliss-reactive ketones (excluding diaryl/α,β-unsaturated/α-hetero) is 1. The van der Waals surface area contributed by atoms with Crippen LogP contribution in [0.25, 0.3) is 0 Å². The van der Waals surface area contributed by atoms with Gasteiger partial charge in [-0.1, -0.05) is 42.0 Å². The van der Waals surface area contributed by atoms with Crippen molar-refractivity contribution in [3.8, 4) is 0 Å². The molecule has 0 fully saturated rings. The lowest BCUT2D eigenvalue weighted by Gasteiger charge is -2.06. The Morgan fingerprint density at radius 1 is 0.955 bits per heavy atom. The zero-order chi connectivity index (χ0) is 15.9. The first-order chi connectivity index (χ1) is 10.5. The third-order valence-electron chi connectivity index (χ3n) is 3.36. The van der Waals surface area contributed by atoms with Gasteiger partial charge in [0, 0.05) is 28.5 Å². The van der Waals surface area contributed by atoms with Crippen LogP contribution in [0.4, 0.5) is 0 Å². The van der Waals surface area contributed by atoms with Gasteiger partial charge in [0.05, 0.1) is 0 Å². The summed E-state index contributed by atoms with van der Waals surface area (Å²) in [7, 11) is 0. The Bertz CT molecular complexity index is 648. The Morgan fingerprint density at radius 2 is 1.59 bits per heavy atom. The minimum atomic E-state index is -0.0977. The lowest BCUT2D eigenvalue weighted by molar-refractivity contribution is -0.121. The molecule has 2 aromatic rings. The van der Waals surface area contributed by atoms with Crippen molar-refractivity contribution in [1.29, 1.82) is 0 Å². The molecule has 2 rings (SSSR count). The molecule has 0 spiro atoms. The van der Waals surface area contributed by atoms with Crippen LogP contribution in [0.2, 0.25) is 0 Å². The van der Waals surface area contributed by atoms with E-state index < -0.39 is 0 Å². The maximum Gasteiger partial charge on any atom is 0.220 e. The average molecular weight is 407 g/mol. The highest BCUT2D eigenvalue weighted by Crippen LogP contribution is 2.10. The van der Waals surface area contributed by atoms with Gasteiger partial charge in [-0.05, 0) is 47.2 Å². The summed E-state index contributed by atoms with van der Waals surface area (Å²) < 4.78 is 1.09. The summed E-state index contributed by atoms with van der Waals surface area (Å²) >= 11 is 2.19. The third-order valence-corrected chi connectivity index (χ3v) is 4.07. The van der Waals surface area contributed by atoms with E-state index in [4.69, 9.17) is 0 Å². The van der Waals surface area contributed by atoms with E-state index in [-0.39, 0.29) is 24.5 Å². The SMILES string of the molecule is Cc1ccc(CNC(=O)CCC(=O)c2ccc(I)cc2)cc1. The van der Waals surface area contributed by atoms with Crippen LogP contribution in [0.5, 0.6) is 0 Å². The predicted octanol–water partition coefficient (Wildman–Crippen LogP) is 3.88. The van der Waals surface area contributed by atoms with Gasteiger partial charge in [0.2, 0.25) is 5.91 Å². The van der Waals surface area contributed by atoms with Gasteiger partial charge >= 0.3 is 0 Å². The molecule has 0 atom stereocenters. The lowest BCUT2D eigenvalue weighted by Crippen LogP contribution is -2.23. The number of rotatable bonds is 6. The molecular formula is C18H18INO2. The second-order valence-corrected chi connectivity index (χ2v) is 6.44.